The maximum absolute atomic E-state index is 13.8. The van der Waals surface area contributed by atoms with E-state index in [2.05, 4.69) is 0 Å². The van der Waals surface area contributed by atoms with Crippen LogP contribution in [0.2, 0.25) is 0 Å². The molecule has 3 fully saturated rings. The van der Waals surface area contributed by atoms with Crippen molar-refractivity contribution < 1.29 is 49.4 Å². The first-order valence-electron chi connectivity index (χ1n) is 13.2. The van der Waals surface area contributed by atoms with Gasteiger partial charge >= 0.3 is 0 Å². The minimum absolute atomic E-state index is 0.0180. The van der Waals surface area contributed by atoms with Crippen LogP contribution in [0.3, 0.4) is 0 Å². The van der Waals surface area contributed by atoms with Gasteiger partial charge in [-0.1, -0.05) is 12.2 Å². The highest BCUT2D eigenvalue weighted by molar-refractivity contribution is 6.05. The van der Waals surface area contributed by atoms with Gasteiger partial charge in [0, 0.05) is 23.6 Å². The molecule has 1 saturated heterocycles. The smallest absolute Gasteiger partial charge is 0.189 e. The van der Waals surface area contributed by atoms with Crippen molar-refractivity contribution in [2.24, 2.45) is 35.3 Å². The summed E-state index contributed by atoms with van der Waals surface area (Å²) in [4.78, 5) is 40.1. The summed E-state index contributed by atoms with van der Waals surface area (Å²) in [6, 6.07) is -0.588. The molecule has 0 aromatic heterocycles. The molecule has 10 atom stereocenters. The molecule has 0 radical (unpaired) electrons. The number of nitrogens with two attached hydrogens (primary N) is 1. The number of Topliss-reactive ketones (excluding diaryl/α,β-unsaturated/α-hetero) is 3. The van der Waals surface area contributed by atoms with Crippen LogP contribution in [0.4, 0.5) is 0 Å². The van der Waals surface area contributed by atoms with Gasteiger partial charge in [-0.05, 0) is 38.2 Å². The lowest BCUT2D eigenvalue weighted by atomic mass is 9.57. The third-order valence-electron chi connectivity index (χ3n) is 9.09. The maximum atomic E-state index is 13.8. The summed E-state index contributed by atoms with van der Waals surface area (Å²) in [7, 11) is 1.39. The van der Waals surface area contributed by atoms with Gasteiger partial charge in [0.05, 0.1) is 49.1 Å². The molecule has 5 aliphatic rings. The van der Waals surface area contributed by atoms with Gasteiger partial charge in [-0.3, -0.25) is 14.4 Å². The van der Waals surface area contributed by atoms with E-state index in [1.807, 2.05) is 0 Å². The van der Waals surface area contributed by atoms with Crippen LogP contribution in [0.1, 0.15) is 32.6 Å². The fraction of sp³-hybridized carbons (Fsp3) is 0.607. The van der Waals surface area contributed by atoms with E-state index in [0.29, 0.717) is 0 Å². The molecule has 0 aromatic carbocycles. The highest BCUT2D eigenvalue weighted by Crippen LogP contribution is 2.54. The van der Waals surface area contributed by atoms with Gasteiger partial charge in [-0.2, -0.15) is 0 Å². The van der Waals surface area contributed by atoms with E-state index in [0.717, 1.165) is 0 Å². The van der Waals surface area contributed by atoms with Gasteiger partial charge in [0.2, 0.25) is 0 Å². The lowest BCUT2D eigenvalue weighted by Gasteiger charge is -2.47. The van der Waals surface area contributed by atoms with E-state index >= 15 is 0 Å². The van der Waals surface area contributed by atoms with E-state index in [4.69, 9.17) is 15.2 Å². The number of carbonyl (C=O) groups excluding carboxylic acids is 3. The van der Waals surface area contributed by atoms with E-state index in [1.165, 1.54) is 7.11 Å². The second-order valence-electron chi connectivity index (χ2n) is 11.4. The summed E-state index contributed by atoms with van der Waals surface area (Å²) < 4.78 is 11.3. The van der Waals surface area contributed by atoms with Gasteiger partial charge in [0.1, 0.15) is 29.5 Å². The number of carbonyl (C=O) groups is 3. The predicted molar refractivity (Wildman–Crippen MR) is 135 cm³/mol. The van der Waals surface area contributed by atoms with Crippen LogP contribution in [0.25, 0.3) is 0 Å². The number of hydrogen-bond donors (Lipinski definition) is 6. The molecule has 1 aliphatic heterocycles. The Morgan fingerprint density at radius 3 is 2.51 bits per heavy atom. The topological polar surface area (TPSA) is 197 Å². The molecule has 2 saturated carbocycles. The van der Waals surface area contributed by atoms with Crippen molar-refractivity contribution in [2.45, 2.75) is 62.6 Å². The molecule has 4 aliphatic carbocycles. The Labute approximate surface area is 225 Å². The van der Waals surface area contributed by atoms with Crippen LogP contribution in [0.15, 0.2) is 46.7 Å². The number of ether oxygens (including phenoxy) is 2. The molecule has 7 N–H and O–H groups in total. The number of aliphatic hydroxyl groups excluding tert-OH is 4. The number of aliphatic hydroxyl groups is 5. The minimum atomic E-state index is -2.08. The summed E-state index contributed by atoms with van der Waals surface area (Å²) in [5.41, 5.74) is 4.22. The molecular formula is C28H35NO10. The first-order chi connectivity index (χ1) is 18.4. The summed E-state index contributed by atoms with van der Waals surface area (Å²) in [6.07, 6.45) is 2.49. The van der Waals surface area contributed by atoms with Crippen LogP contribution in [0, 0.1) is 29.6 Å². The fourth-order valence-corrected chi connectivity index (χ4v) is 7.17. The van der Waals surface area contributed by atoms with Crippen molar-refractivity contribution in [1.29, 1.82) is 0 Å². The zero-order valence-corrected chi connectivity index (χ0v) is 21.8. The van der Waals surface area contributed by atoms with Crippen LogP contribution in [-0.2, 0) is 23.9 Å². The van der Waals surface area contributed by atoms with Gasteiger partial charge in [0.25, 0.3) is 0 Å². The molecule has 5 rings (SSSR count). The third kappa shape index (κ3) is 4.27. The molecule has 0 amide bonds. The van der Waals surface area contributed by atoms with Crippen LogP contribution in [-0.4, -0.2) is 86.6 Å². The standard InChI is InChI=1S/C28H35NO10/c1-11-23(32)16(29)7-13(39-11)6-12-8-28(37,18(31)10-30)9-15-19(12)26(35)22-21(25(15)34)24(33)14-4-3-5-17(38-2)20(14)27(22)36/h3-5,11-14,16,20-23,30,32,34-35,37H,6-10,29H2,1-2H3. The number of allylic oxidation sites excluding steroid dienone is 7. The summed E-state index contributed by atoms with van der Waals surface area (Å²) in [5.74, 6) is -7.79. The van der Waals surface area contributed by atoms with E-state index < -0.39 is 95.7 Å². The van der Waals surface area contributed by atoms with Crippen LogP contribution >= 0.6 is 0 Å². The first kappa shape index (κ1) is 27.7. The Hall–Kier alpha value is -2.83. The summed E-state index contributed by atoms with van der Waals surface area (Å²) in [6.45, 7) is 0.727. The van der Waals surface area contributed by atoms with Crippen LogP contribution < -0.4 is 5.73 Å². The van der Waals surface area contributed by atoms with E-state index in [-0.39, 0.29) is 41.9 Å². The largest absolute Gasteiger partial charge is 0.511 e. The minimum Gasteiger partial charge on any atom is -0.511 e. The summed E-state index contributed by atoms with van der Waals surface area (Å²) in [5, 5.41) is 54.2. The lowest BCUT2D eigenvalue weighted by Crippen LogP contribution is -2.54. The molecule has 10 unspecified atom stereocenters. The van der Waals surface area contributed by atoms with Crippen molar-refractivity contribution in [3.63, 3.8) is 0 Å². The number of fused-ring (bicyclic) bond motifs is 3. The second-order valence-corrected chi connectivity index (χ2v) is 11.4. The normalized spacial score (nSPS) is 42.0. The second kappa shape index (κ2) is 9.97. The summed E-state index contributed by atoms with van der Waals surface area (Å²) >= 11 is 0. The first-order valence-corrected chi connectivity index (χ1v) is 13.2. The molecule has 1 heterocycles. The number of ketones is 3. The molecule has 11 heteroatoms. The van der Waals surface area contributed by atoms with Crippen molar-refractivity contribution in [3.8, 4) is 0 Å². The van der Waals surface area contributed by atoms with Crippen molar-refractivity contribution in [3.05, 3.63) is 46.7 Å². The molecule has 0 bridgehead atoms. The Morgan fingerprint density at radius 2 is 1.87 bits per heavy atom. The SMILES string of the molecule is COC1=CC=CC2C(=O)C3C(O)=C4CC(O)(C(=O)CO)CC(CC5CC(N)C(O)C(C)O5)C4=C(O)C3C(=O)C12. The number of methoxy groups -OCH3 is 1. The Kier molecular flexibility index (Phi) is 7.09. The monoisotopic (exact) mass is 545 g/mol. The average Bonchev–Trinajstić information content (AvgIpc) is 2.90. The molecular weight excluding hydrogens is 510 g/mol. The molecule has 39 heavy (non-hydrogen) atoms. The fourth-order valence-electron chi connectivity index (χ4n) is 7.17. The van der Waals surface area contributed by atoms with Crippen LogP contribution in [0.5, 0.6) is 0 Å². The lowest BCUT2D eigenvalue weighted by molar-refractivity contribution is -0.147. The number of hydrogen-bond acceptors (Lipinski definition) is 11. The Morgan fingerprint density at radius 1 is 1.18 bits per heavy atom. The van der Waals surface area contributed by atoms with Gasteiger partial charge in [-0.25, -0.2) is 0 Å². The molecule has 212 valence electrons. The van der Waals surface area contributed by atoms with Crippen molar-refractivity contribution in [1.82, 2.24) is 0 Å². The molecule has 0 spiro atoms. The quantitative estimate of drug-likeness (QED) is 0.278. The van der Waals surface area contributed by atoms with E-state index in [1.54, 1.807) is 25.2 Å². The maximum Gasteiger partial charge on any atom is 0.189 e. The Bertz CT molecular complexity index is 1200. The van der Waals surface area contributed by atoms with Gasteiger partial charge in [-0.15, -0.1) is 0 Å². The predicted octanol–water partition coefficient (Wildman–Crippen LogP) is 0.299. The third-order valence-corrected chi connectivity index (χ3v) is 9.09. The Balaban J connectivity index is 1.59. The zero-order valence-electron chi connectivity index (χ0n) is 21.8. The zero-order chi connectivity index (χ0) is 28.4. The average molecular weight is 546 g/mol. The van der Waals surface area contributed by atoms with Crippen molar-refractivity contribution in [2.75, 3.05) is 13.7 Å². The number of rotatable bonds is 5. The highest BCUT2D eigenvalue weighted by atomic mass is 16.5. The molecule has 11 nitrogen and oxygen atoms in total. The van der Waals surface area contributed by atoms with Gasteiger partial charge in [0.15, 0.2) is 17.3 Å². The highest BCUT2D eigenvalue weighted by Gasteiger charge is 2.59. The van der Waals surface area contributed by atoms with Gasteiger partial charge < -0.3 is 40.7 Å². The van der Waals surface area contributed by atoms with E-state index in [9.17, 15) is 39.9 Å². The molecule has 0 aromatic rings. The van der Waals surface area contributed by atoms with Crippen molar-refractivity contribution >= 4 is 17.3 Å².